The molecular formula is C26H21N3O5S2. The summed E-state index contributed by atoms with van der Waals surface area (Å²) in [5.74, 6) is 0.141. The number of hydrogen-bond acceptors (Lipinski definition) is 7. The van der Waals surface area contributed by atoms with Gasteiger partial charge in [-0.2, -0.15) is 0 Å². The Morgan fingerprint density at radius 1 is 1.03 bits per heavy atom. The number of benzene rings is 2. The minimum absolute atomic E-state index is 0.179. The number of fused-ring (bicyclic) bond motifs is 1. The molecule has 8 nitrogen and oxygen atoms in total. The van der Waals surface area contributed by atoms with Crippen molar-refractivity contribution in [3.05, 3.63) is 83.2 Å². The predicted octanol–water partition coefficient (Wildman–Crippen LogP) is 4.44. The topological polar surface area (TPSA) is 92.1 Å². The van der Waals surface area contributed by atoms with Crippen LogP contribution in [0.25, 0.3) is 5.57 Å². The van der Waals surface area contributed by atoms with Crippen molar-refractivity contribution in [1.82, 2.24) is 4.90 Å². The van der Waals surface area contributed by atoms with Gasteiger partial charge in [-0.25, -0.2) is 0 Å². The molecule has 0 saturated carbocycles. The Hall–Kier alpha value is -3.89. The van der Waals surface area contributed by atoms with Crippen molar-refractivity contribution in [3.8, 4) is 5.75 Å². The number of para-hydroxylation sites is 1. The molecule has 10 heteroatoms. The maximum Gasteiger partial charge on any atom is 0.267 e. The highest BCUT2D eigenvalue weighted by atomic mass is 32.2. The normalized spacial score (nSPS) is 17.1. The van der Waals surface area contributed by atoms with Crippen molar-refractivity contribution in [3.63, 3.8) is 0 Å². The standard InChI is InChI=1S/C26H21N3O5S2/c1-2-33-17-11-9-16(10-12-17)27-21(30)15-28-20-8-4-3-7-19(20)22(24(28)31)23-25(32)29(26(35)36-23)14-18-6-5-13-34-18/h3-13H,2,14-15H2,1H3,(H,27,30)/b23-22-. The smallest absolute Gasteiger partial charge is 0.267 e. The molecule has 3 heterocycles. The molecule has 0 bridgehead atoms. The van der Waals surface area contributed by atoms with Gasteiger partial charge in [0.15, 0.2) is 0 Å². The summed E-state index contributed by atoms with van der Waals surface area (Å²) in [5, 5.41) is 2.81. The van der Waals surface area contributed by atoms with Gasteiger partial charge < -0.3 is 14.5 Å². The van der Waals surface area contributed by atoms with Crippen molar-refractivity contribution < 1.29 is 23.5 Å². The average Bonchev–Trinajstić information content (AvgIpc) is 3.55. The van der Waals surface area contributed by atoms with Crippen molar-refractivity contribution in [2.75, 3.05) is 23.4 Å². The van der Waals surface area contributed by atoms with Gasteiger partial charge >= 0.3 is 0 Å². The van der Waals surface area contributed by atoms with Crippen molar-refractivity contribution in [2.24, 2.45) is 0 Å². The predicted molar refractivity (Wildman–Crippen MR) is 141 cm³/mol. The third-order valence-corrected chi connectivity index (χ3v) is 7.09. The number of furan rings is 1. The Morgan fingerprint density at radius 3 is 2.53 bits per heavy atom. The Bertz CT molecular complexity index is 1380. The van der Waals surface area contributed by atoms with Crippen LogP contribution in [0.5, 0.6) is 5.75 Å². The second kappa shape index (κ2) is 10.00. The largest absolute Gasteiger partial charge is 0.494 e. The number of nitrogens with one attached hydrogen (secondary N) is 1. The second-order valence-electron chi connectivity index (χ2n) is 7.96. The minimum atomic E-state index is -0.420. The van der Waals surface area contributed by atoms with E-state index in [1.165, 1.54) is 16.1 Å². The Kier molecular flexibility index (Phi) is 6.62. The molecular weight excluding hydrogens is 498 g/mol. The van der Waals surface area contributed by atoms with Crippen LogP contribution >= 0.6 is 24.0 Å². The molecule has 2 aliphatic heterocycles. The Morgan fingerprint density at radius 2 is 1.81 bits per heavy atom. The molecule has 1 aromatic heterocycles. The number of carbonyl (C=O) groups excluding carboxylic acids is 3. The van der Waals surface area contributed by atoms with Crippen molar-refractivity contribution >= 4 is 63.0 Å². The summed E-state index contributed by atoms with van der Waals surface area (Å²) in [7, 11) is 0. The number of rotatable bonds is 7. The van der Waals surface area contributed by atoms with Crippen LogP contribution in [-0.2, 0) is 20.9 Å². The van der Waals surface area contributed by atoms with Gasteiger partial charge in [0, 0.05) is 11.3 Å². The molecule has 0 spiro atoms. The van der Waals surface area contributed by atoms with E-state index in [4.69, 9.17) is 21.4 Å². The molecule has 3 aromatic rings. The third-order valence-electron chi connectivity index (χ3n) is 5.64. The van der Waals surface area contributed by atoms with Crippen LogP contribution in [0.4, 0.5) is 11.4 Å². The Balaban J connectivity index is 1.38. The van der Waals surface area contributed by atoms with E-state index in [1.54, 1.807) is 60.7 Å². The first-order chi connectivity index (χ1) is 17.5. The van der Waals surface area contributed by atoms with E-state index in [0.717, 1.165) is 11.8 Å². The molecule has 1 fully saturated rings. The number of thioether (sulfide) groups is 1. The van der Waals surface area contributed by atoms with Gasteiger partial charge in [-0.1, -0.05) is 42.2 Å². The molecule has 3 amide bonds. The highest BCUT2D eigenvalue weighted by molar-refractivity contribution is 8.26. The van der Waals surface area contributed by atoms with E-state index in [0.29, 0.717) is 39.4 Å². The molecule has 0 atom stereocenters. The lowest BCUT2D eigenvalue weighted by molar-refractivity contribution is -0.123. The zero-order valence-electron chi connectivity index (χ0n) is 19.2. The van der Waals surface area contributed by atoms with Crippen LogP contribution in [0.2, 0.25) is 0 Å². The van der Waals surface area contributed by atoms with Crippen molar-refractivity contribution in [2.45, 2.75) is 13.5 Å². The van der Waals surface area contributed by atoms with Crippen LogP contribution in [0.3, 0.4) is 0 Å². The molecule has 36 heavy (non-hydrogen) atoms. The van der Waals surface area contributed by atoms with Crippen LogP contribution < -0.4 is 15.0 Å². The molecule has 182 valence electrons. The quantitative estimate of drug-likeness (QED) is 0.365. The first-order valence-corrected chi connectivity index (χ1v) is 12.4. The zero-order chi connectivity index (χ0) is 25.2. The summed E-state index contributed by atoms with van der Waals surface area (Å²) in [5.41, 5.74) is 1.99. The Labute approximate surface area is 216 Å². The highest BCUT2D eigenvalue weighted by Crippen LogP contribution is 2.44. The van der Waals surface area contributed by atoms with E-state index in [9.17, 15) is 14.4 Å². The van der Waals surface area contributed by atoms with Crippen LogP contribution in [0.15, 0.2) is 76.2 Å². The fourth-order valence-corrected chi connectivity index (χ4v) is 5.37. The summed E-state index contributed by atoms with van der Waals surface area (Å²) in [4.78, 5) is 42.7. The van der Waals surface area contributed by atoms with Gasteiger partial charge in [0.2, 0.25) is 5.91 Å². The fourth-order valence-electron chi connectivity index (χ4n) is 4.05. The summed E-state index contributed by atoms with van der Waals surface area (Å²) >= 11 is 6.52. The lowest BCUT2D eigenvalue weighted by Crippen LogP contribution is -2.35. The number of nitrogens with zero attached hydrogens (tertiary/aromatic N) is 2. The zero-order valence-corrected chi connectivity index (χ0v) is 20.9. The number of hydrogen-bond donors (Lipinski definition) is 1. The number of ether oxygens (including phenoxy) is 1. The first kappa shape index (κ1) is 23.8. The molecule has 0 unspecified atom stereocenters. The summed E-state index contributed by atoms with van der Waals surface area (Å²) in [6.45, 7) is 2.41. The SMILES string of the molecule is CCOc1ccc(NC(=O)CN2C(=O)/C(=C3\SC(=S)N(Cc4ccco4)C3=O)c3ccccc32)cc1. The van der Waals surface area contributed by atoms with E-state index >= 15 is 0 Å². The molecule has 2 aromatic carbocycles. The van der Waals surface area contributed by atoms with Gasteiger partial charge in [-0.05, 0) is 49.4 Å². The lowest BCUT2D eigenvalue weighted by atomic mass is 10.1. The summed E-state index contributed by atoms with van der Waals surface area (Å²) in [6, 6.07) is 17.6. The third kappa shape index (κ3) is 4.52. The van der Waals surface area contributed by atoms with Gasteiger partial charge in [-0.3, -0.25) is 24.2 Å². The number of anilines is 2. The average molecular weight is 520 g/mol. The number of carbonyl (C=O) groups is 3. The van der Waals surface area contributed by atoms with Crippen LogP contribution in [0, 0.1) is 0 Å². The van der Waals surface area contributed by atoms with E-state index in [-0.39, 0.29) is 35.4 Å². The molecule has 0 aliphatic carbocycles. The van der Waals surface area contributed by atoms with Gasteiger partial charge in [0.05, 0.1) is 35.6 Å². The second-order valence-corrected chi connectivity index (χ2v) is 9.60. The van der Waals surface area contributed by atoms with E-state index < -0.39 is 5.91 Å². The van der Waals surface area contributed by atoms with Crippen LogP contribution in [0.1, 0.15) is 18.2 Å². The van der Waals surface area contributed by atoms with Crippen LogP contribution in [-0.4, -0.2) is 40.1 Å². The molecule has 0 radical (unpaired) electrons. The van der Waals surface area contributed by atoms with E-state index in [2.05, 4.69) is 5.32 Å². The molecule has 5 rings (SSSR count). The minimum Gasteiger partial charge on any atom is -0.494 e. The molecule has 2 aliphatic rings. The fraction of sp³-hybridized carbons (Fsp3) is 0.154. The maximum atomic E-state index is 13.6. The summed E-state index contributed by atoms with van der Waals surface area (Å²) in [6.07, 6.45) is 1.53. The lowest BCUT2D eigenvalue weighted by Gasteiger charge is -2.17. The molecule has 1 saturated heterocycles. The maximum absolute atomic E-state index is 13.6. The number of thiocarbonyl (C=S) groups is 1. The van der Waals surface area contributed by atoms with E-state index in [1.807, 2.05) is 6.92 Å². The number of amides is 3. The van der Waals surface area contributed by atoms with Gasteiger partial charge in [0.1, 0.15) is 22.4 Å². The van der Waals surface area contributed by atoms with Gasteiger partial charge in [0.25, 0.3) is 11.8 Å². The monoisotopic (exact) mass is 519 g/mol. The highest BCUT2D eigenvalue weighted by Gasteiger charge is 2.42. The first-order valence-electron chi connectivity index (χ1n) is 11.2. The molecule has 1 N–H and O–H groups in total. The summed E-state index contributed by atoms with van der Waals surface area (Å²) < 4.78 is 11.1. The van der Waals surface area contributed by atoms with Crippen molar-refractivity contribution in [1.29, 1.82) is 0 Å². The van der Waals surface area contributed by atoms with Gasteiger partial charge in [-0.15, -0.1) is 0 Å².